The molecule has 0 aromatic rings. The van der Waals surface area contributed by atoms with Gasteiger partial charge in [0.05, 0.1) is 26.2 Å². The van der Waals surface area contributed by atoms with Crippen molar-refractivity contribution in [3.63, 3.8) is 0 Å². The Balaban J connectivity index is -0.000000180. The van der Waals surface area contributed by atoms with E-state index in [9.17, 15) is 19.2 Å². The zero-order valence-electron chi connectivity index (χ0n) is 14.9. The summed E-state index contributed by atoms with van der Waals surface area (Å²) in [4.78, 5) is 44.4. The maximum Gasteiger partial charge on any atom is 1.00 e. The summed E-state index contributed by atoms with van der Waals surface area (Å²) < 4.78 is 0. The van der Waals surface area contributed by atoms with Gasteiger partial charge >= 0.3 is 83.0 Å². The van der Waals surface area contributed by atoms with E-state index < -0.39 is 50.1 Å². The van der Waals surface area contributed by atoms with Crippen LogP contribution >= 0.6 is 0 Å². The topological polar surface area (TPSA) is 156 Å². The van der Waals surface area contributed by atoms with Crippen molar-refractivity contribution in [2.24, 2.45) is 0 Å². The summed E-state index contributed by atoms with van der Waals surface area (Å²) in [5.41, 5.74) is 0. The van der Waals surface area contributed by atoms with Gasteiger partial charge in [0.1, 0.15) is 0 Å². The second-order valence-corrected chi connectivity index (χ2v) is 4.00. The van der Waals surface area contributed by atoms with Crippen LogP contribution in [0.3, 0.4) is 0 Å². The van der Waals surface area contributed by atoms with Crippen molar-refractivity contribution < 1.29 is 118 Å². The Bertz CT molecular complexity index is 341. The molecule has 0 fully saturated rings. The van der Waals surface area contributed by atoms with Crippen molar-refractivity contribution in [1.29, 1.82) is 0 Å². The largest absolute Gasteiger partial charge is 1.00 e. The third kappa shape index (κ3) is 20.2. The predicted octanol–water partition coefficient (Wildman–Crippen LogP) is -7.84. The molecule has 0 amide bonds. The standard InChI is InChI=1S/C10H16N2O8.2Na.Ni.2H/c13-7(14)3-11(4-8(15)16)1-2-12(5-9(17)18)6-10(19)20;;;;;/h1-6H2,(H,13,14)(H,15,16)(H,17,18)(H,19,20);;;;;/q;2*+1;;2*-1. The molecule has 0 bridgehead atoms. The van der Waals surface area contributed by atoms with E-state index >= 15 is 0 Å². The first kappa shape index (κ1) is 31.1. The number of carboxylic acid groups (broad SMARTS) is 4. The van der Waals surface area contributed by atoms with Crippen LogP contribution in [0.2, 0.25) is 0 Å². The van der Waals surface area contributed by atoms with Crippen molar-refractivity contribution in [3.8, 4) is 0 Å². The van der Waals surface area contributed by atoms with E-state index in [0.29, 0.717) is 0 Å². The van der Waals surface area contributed by atoms with Crippen LogP contribution in [0, 0.1) is 0 Å². The van der Waals surface area contributed by atoms with E-state index in [2.05, 4.69) is 0 Å². The van der Waals surface area contributed by atoms with Gasteiger partial charge in [-0.15, -0.1) is 0 Å². The van der Waals surface area contributed by atoms with Gasteiger partial charge in [-0.05, 0) is 0 Å². The first-order valence-electron chi connectivity index (χ1n) is 5.52. The number of carboxylic acids is 4. The Morgan fingerprint density at radius 1 is 0.609 bits per heavy atom. The van der Waals surface area contributed by atoms with Crippen molar-refractivity contribution >= 4 is 23.9 Å². The zero-order chi connectivity index (χ0) is 15.7. The fourth-order valence-electron chi connectivity index (χ4n) is 1.48. The van der Waals surface area contributed by atoms with E-state index in [0.717, 1.165) is 9.80 Å². The van der Waals surface area contributed by atoms with Crippen LogP contribution in [0.15, 0.2) is 0 Å². The van der Waals surface area contributed by atoms with Gasteiger partial charge in [0.2, 0.25) is 0 Å². The number of rotatable bonds is 11. The van der Waals surface area contributed by atoms with Gasteiger partial charge < -0.3 is 23.3 Å². The average Bonchev–Trinajstić information content (AvgIpc) is 2.22. The maximum absolute atomic E-state index is 10.6. The molecular formula is C10H18N2Na2NiO8. The van der Waals surface area contributed by atoms with Gasteiger partial charge in [0.25, 0.3) is 0 Å². The molecule has 0 atom stereocenters. The Morgan fingerprint density at radius 2 is 0.783 bits per heavy atom. The molecule has 0 aliphatic heterocycles. The van der Waals surface area contributed by atoms with Gasteiger partial charge in [-0.3, -0.25) is 29.0 Å². The Morgan fingerprint density at radius 3 is 0.913 bits per heavy atom. The minimum Gasteiger partial charge on any atom is -1.00 e. The van der Waals surface area contributed by atoms with E-state index in [1.165, 1.54) is 0 Å². The summed E-state index contributed by atoms with van der Waals surface area (Å²) in [7, 11) is 0. The zero-order valence-corrected chi connectivity index (χ0v) is 17.9. The van der Waals surface area contributed by atoms with Gasteiger partial charge in [-0.1, -0.05) is 0 Å². The van der Waals surface area contributed by atoms with Crippen LogP contribution in [0.4, 0.5) is 0 Å². The summed E-state index contributed by atoms with van der Waals surface area (Å²) in [6.45, 7) is -2.25. The molecule has 0 aromatic carbocycles. The van der Waals surface area contributed by atoms with Crippen LogP contribution in [0.1, 0.15) is 2.85 Å². The minimum atomic E-state index is -1.23. The molecule has 4 N–H and O–H groups in total. The molecule has 10 nitrogen and oxygen atoms in total. The smallest absolute Gasteiger partial charge is 1.00 e. The molecule has 0 saturated heterocycles. The van der Waals surface area contributed by atoms with Crippen LogP contribution in [0.25, 0.3) is 0 Å². The number of hydrogen-bond acceptors (Lipinski definition) is 6. The number of aliphatic carboxylic acids is 4. The second-order valence-electron chi connectivity index (χ2n) is 4.00. The van der Waals surface area contributed by atoms with Crippen molar-refractivity contribution in [1.82, 2.24) is 9.80 Å². The van der Waals surface area contributed by atoms with Crippen LogP contribution in [-0.2, 0) is 35.7 Å². The van der Waals surface area contributed by atoms with Crippen LogP contribution in [-0.4, -0.2) is 93.4 Å². The van der Waals surface area contributed by atoms with Gasteiger partial charge in [0.15, 0.2) is 0 Å². The first-order chi connectivity index (χ1) is 9.20. The van der Waals surface area contributed by atoms with Crippen LogP contribution in [0.5, 0.6) is 0 Å². The predicted molar refractivity (Wildman–Crippen MR) is 65.6 cm³/mol. The average molecular weight is 399 g/mol. The van der Waals surface area contributed by atoms with E-state index in [4.69, 9.17) is 20.4 Å². The fraction of sp³-hybridized carbons (Fsp3) is 0.600. The molecule has 0 rings (SSSR count). The van der Waals surface area contributed by atoms with Crippen LogP contribution < -0.4 is 59.1 Å². The minimum absolute atomic E-state index is 0. The quantitative estimate of drug-likeness (QED) is 0.246. The third-order valence-electron chi connectivity index (χ3n) is 2.17. The molecule has 0 spiro atoms. The molecule has 23 heavy (non-hydrogen) atoms. The summed E-state index contributed by atoms with van der Waals surface area (Å²) in [5.74, 6) is -4.91. The Labute approximate surface area is 189 Å². The fourth-order valence-corrected chi connectivity index (χ4v) is 1.48. The maximum atomic E-state index is 10.6. The summed E-state index contributed by atoms with van der Waals surface area (Å²) in [6.07, 6.45) is 0. The molecule has 128 valence electrons. The SMILES string of the molecule is O=C(O)CN(CCN(CC(=O)O)CC(=O)O)CC(=O)O.[H-].[H-].[Na+].[Na+].[Ni]. The van der Waals surface area contributed by atoms with Crippen molar-refractivity contribution in [2.45, 2.75) is 0 Å². The van der Waals surface area contributed by atoms with E-state index in [-0.39, 0.29) is 91.5 Å². The van der Waals surface area contributed by atoms with Gasteiger partial charge in [0, 0.05) is 29.6 Å². The molecule has 0 unspecified atom stereocenters. The number of carbonyl (C=O) groups is 4. The number of nitrogens with zero attached hydrogens (tertiary/aromatic N) is 2. The van der Waals surface area contributed by atoms with E-state index in [1.54, 1.807) is 0 Å². The third-order valence-corrected chi connectivity index (χ3v) is 2.17. The summed E-state index contributed by atoms with van der Waals surface area (Å²) >= 11 is 0. The molecule has 13 heteroatoms. The first-order valence-corrected chi connectivity index (χ1v) is 5.52. The molecule has 0 saturated carbocycles. The Hall–Kier alpha value is 0.294. The molecule has 0 aromatic heterocycles. The monoisotopic (exact) mass is 398 g/mol. The normalized spacial score (nSPS) is 9.30. The summed E-state index contributed by atoms with van der Waals surface area (Å²) in [6, 6.07) is 0. The Kier molecular flexibility index (Phi) is 23.2. The molecular weight excluding hydrogens is 381 g/mol. The van der Waals surface area contributed by atoms with Gasteiger partial charge in [-0.2, -0.15) is 0 Å². The molecule has 0 radical (unpaired) electrons. The second kappa shape index (κ2) is 17.1. The van der Waals surface area contributed by atoms with E-state index in [1.807, 2.05) is 0 Å². The molecule has 0 aliphatic rings. The van der Waals surface area contributed by atoms with Gasteiger partial charge in [-0.25, -0.2) is 0 Å². The molecule has 0 aliphatic carbocycles. The number of hydrogen-bond donors (Lipinski definition) is 4. The summed E-state index contributed by atoms with van der Waals surface area (Å²) in [5, 5.41) is 34.5. The van der Waals surface area contributed by atoms with Crippen molar-refractivity contribution in [2.75, 3.05) is 39.3 Å². The van der Waals surface area contributed by atoms with Crippen molar-refractivity contribution in [3.05, 3.63) is 0 Å². The molecule has 0 heterocycles.